The molecule has 2 unspecified atom stereocenters. The molecular weight excluding hydrogens is 254 g/mol. The van der Waals surface area contributed by atoms with Gasteiger partial charge in [-0.3, -0.25) is 0 Å². The second-order valence-corrected chi connectivity index (χ2v) is 7.29. The Kier molecular flexibility index (Phi) is 4.85. The highest BCUT2D eigenvalue weighted by atomic mass is 32.1. The van der Waals surface area contributed by atoms with Crippen LogP contribution in [-0.2, 0) is 6.54 Å². The van der Waals surface area contributed by atoms with Gasteiger partial charge in [-0.05, 0) is 32.6 Å². The number of aromatic nitrogens is 1. The Morgan fingerprint density at radius 2 is 2.11 bits per heavy atom. The summed E-state index contributed by atoms with van der Waals surface area (Å²) in [5.41, 5.74) is 1.19. The number of rotatable bonds is 4. The van der Waals surface area contributed by atoms with Gasteiger partial charge in [-0.25, -0.2) is 4.98 Å². The van der Waals surface area contributed by atoms with Crippen LogP contribution in [0.4, 0.5) is 5.13 Å². The van der Waals surface area contributed by atoms with E-state index in [4.69, 9.17) is 4.98 Å². The van der Waals surface area contributed by atoms with Gasteiger partial charge in [0.2, 0.25) is 0 Å². The summed E-state index contributed by atoms with van der Waals surface area (Å²) in [6.07, 6.45) is 2.64. The second kappa shape index (κ2) is 6.23. The van der Waals surface area contributed by atoms with E-state index < -0.39 is 0 Å². The molecule has 1 aromatic heterocycles. The van der Waals surface area contributed by atoms with Crippen LogP contribution in [0.25, 0.3) is 0 Å². The van der Waals surface area contributed by atoms with Crippen LogP contribution in [0.5, 0.6) is 0 Å². The number of nitrogens with one attached hydrogen (secondary N) is 1. The molecule has 0 aromatic carbocycles. The smallest absolute Gasteiger partial charge is 0.186 e. The van der Waals surface area contributed by atoms with E-state index in [1.54, 1.807) is 0 Å². The lowest BCUT2D eigenvalue weighted by Crippen LogP contribution is -2.41. The van der Waals surface area contributed by atoms with Gasteiger partial charge in [0, 0.05) is 30.1 Å². The van der Waals surface area contributed by atoms with Gasteiger partial charge in [0.15, 0.2) is 5.13 Å². The average Bonchev–Trinajstić information content (AvgIpc) is 2.71. The molecule has 1 saturated heterocycles. The van der Waals surface area contributed by atoms with Crippen LogP contribution in [0.2, 0.25) is 0 Å². The van der Waals surface area contributed by atoms with Crippen LogP contribution in [0.3, 0.4) is 0 Å². The Morgan fingerprint density at radius 1 is 1.37 bits per heavy atom. The predicted octanol–water partition coefficient (Wildman–Crippen LogP) is 3.57. The summed E-state index contributed by atoms with van der Waals surface area (Å²) in [5, 5.41) is 4.71. The molecule has 108 valence electrons. The van der Waals surface area contributed by atoms with Gasteiger partial charge in [0.25, 0.3) is 0 Å². The van der Waals surface area contributed by atoms with E-state index in [0.29, 0.717) is 12.1 Å². The molecule has 2 heterocycles. The minimum Gasteiger partial charge on any atom is -0.345 e. The molecule has 1 aromatic rings. The van der Waals surface area contributed by atoms with Crippen molar-refractivity contribution in [1.29, 1.82) is 0 Å². The molecule has 0 aliphatic carbocycles. The van der Waals surface area contributed by atoms with Gasteiger partial charge in [0.05, 0.1) is 5.69 Å². The monoisotopic (exact) mass is 281 g/mol. The van der Waals surface area contributed by atoms with Crippen molar-refractivity contribution in [3.8, 4) is 0 Å². The highest BCUT2D eigenvalue weighted by molar-refractivity contribution is 7.15. The van der Waals surface area contributed by atoms with Gasteiger partial charge >= 0.3 is 0 Å². The summed E-state index contributed by atoms with van der Waals surface area (Å²) >= 11 is 1.87. The fraction of sp³-hybridized carbons (Fsp3) is 0.800. The van der Waals surface area contributed by atoms with E-state index in [2.05, 4.69) is 44.8 Å². The normalized spacial score (nSPS) is 24.2. The quantitative estimate of drug-likeness (QED) is 0.914. The van der Waals surface area contributed by atoms with E-state index in [-0.39, 0.29) is 0 Å². The Morgan fingerprint density at radius 3 is 2.79 bits per heavy atom. The molecule has 0 saturated carbocycles. The Balaban J connectivity index is 2.09. The van der Waals surface area contributed by atoms with E-state index in [1.165, 1.54) is 28.5 Å². The van der Waals surface area contributed by atoms with Gasteiger partial charge in [-0.2, -0.15) is 0 Å². The van der Waals surface area contributed by atoms with Crippen molar-refractivity contribution in [1.82, 2.24) is 10.3 Å². The molecule has 2 rings (SSSR count). The molecule has 0 spiro atoms. The van der Waals surface area contributed by atoms with Crippen LogP contribution in [-0.4, -0.2) is 23.6 Å². The highest BCUT2D eigenvalue weighted by Gasteiger charge is 2.25. The summed E-state index contributed by atoms with van der Waals surface area (Å²) in [7, 11) is 0. The Labute approximate surface area is 121 Å². The van der Waals surface area contributed by atoms with Crippen LogP contribution in [0.1, 0.15) is 51.1 Å². The van der Waals surface area contributed by atoms with Crippen molar-refractivity contribution in [2.24, 2.45) is 5.92 Å². The first kappa shape index (κ1) is 14.8. The second-order valence-electron chi connectivity index (χ2n) is 6.22. The molecule has 19 heavy (non-hydrogen) atoms. The molecule has 1 aliphatic heterocycles. The average molecular weight is 281 g/mol. The Bertz CT molecular complexity index is 414. The van der Waals surface area contributed by atoms with Gasteiger partial charge < -0.3 is 10.2 Å². The van der Waals surface area contributed by atoms with Gasteiger partial charge in [0.1, 0.15) is 0 Å². The lowest BCUT2D eigenvalue weighted by atomic mass is 9.96. The van der Waals surface area contributed by atoms with Crippen molar-refractivity contribution >= 4 is 16.5 Å². The van der Waals surface area contributed by atoms with Crippen LogP contribution >= 0.6 is 11.3 Å². The zero-order valence-electron chi connectivity index (χ0n) is 12.9. The maximum absolute atomic E-state index is 4.80. The maximum atomic E-state index is 4.80. The number of anilines is 1. The first-order chi connectivity index (χ1) is 8.97. The molecule has 4 heteroatoms. The number of hydrogen-bond donors (Lipinski definition) is 1. The highest BCUT2D eigenvalue weighted by Crippen LogP contribution is 2.32. The molecule has 1 fully saturated rings. The Hall–Kier alpha value is -0.610. The van der Waals surface area contributed by atoms with Crippen molar-refractivity contribution < 1.29 is 0 Å². The fourth-order valence-corrected chi connectivity index (χ4v) is 3.68. The molecule has 0 amide bonds. The first-order valence-electron chi connectivity index (χ1n) is 7.43. The fourth-order valence-electron chi connectivity index (χ4n) is 2.55. The minimum absolute atomic E-state index is 0.527. The number of nitrogens with zero attached hydrogens (tertiary/aromatic N) is 2. The number of thiazole rings is 1. The number of piperidine rings is 1. The summed E-state index contributed by atoms with van der Waals surface area (Å²) in [5.74, 6) is 0.789. The van der Waals surface area contributed by atoms with Gasteiger partial charge in [-0.15, -0.1) is 11.3 Å². The molecule has 1 aliphatic rings. The minimum atomic E-state index is 0.527. The van der Waals surface area contributed by atoms with Crippen molar-refractivity contribution in [2.45, 2.75) is 66.1 Å². The number of hydrogen-bond acceptors (Lipinski definition) is 4. The molecule has 3 nitrogen and oxygen atoms in total. The maximum Gasteiger partial charge on any atom is 0.186 e. The topological polar surface area (TPSA) is 28.2 Å². The van der Waals surface area contributed by atoms with E-state index >= 15 is 0 Å². The van der Waals surface area contributed by atoms with Crippen LogP contribution < -0.4 is 10.2 Å². The summed E-state index contributed by atoms with van der Waals surface area (Å²) in [6.45, 7) is 13.3. The van der Waals surface area contributed by atoms with Crippen molar-refractivity contribution in [3.05, 3.63) is 10.6 Å². The molecule has 1 N–H and O–H groups in total. The predicted molar refractivity (Wildman–Crippen MR) is 84.0 cm³/mol. The first-order valence-corrected chi connectivity index (χ1v) is 8.25. The van der Waals surface area contributed by atoms with Crippen LogP contribution in [0, 0.1) is 12.8 Å². The molecular formula is C15H27N3S. The van der Waals surface area contributed by atoms with Crippen molar-refractivity contribution in [2.75, 3.05) is 11.4 Å². The van der Waals surface area contributed by atoms with E-state index in [0.717, 1.165) is 19.0 Å². The van der Waals surface area contributed by atoms with E-state index in [1.807, 2.05) is 11.3 Å². The zero-order valence-corrected chi connectivity index (χ0v) is 13.7. The summed E-state index contributed by atoms with van der Waals surface area (Å²) in [4.78, 5) is 8.69. The number of aryl methyl sites for hydroxylation is 1. The van der Waals surface area contributed by atoms with Crippen molar-refractivity contribution in [3.63, 3.8) is 0 Å². The zero-order chi connectivity index (χ0) is 14.0. The summed E-state index contributed by atoms with van der Waals surface area (Å²) in [6, 6.07) is 1.16. The van der Waals surface area contributed by atoms with Gasteiger partial charge in [-0.1, -0.05) is 20.8 Å². The largest absolute Gasteiger partial charge is 0.345 e. The third-order valence-electron chi connectivity index (χ3n) is 3.92. The van der Waals surface area contributed by atoms with E-state index in [9.17, 15) is 0 Å². The third-order valence-corrected chi connectivity index (χ3v) is 5.11. The molecule has 0 bridgehead atoms. The third kappa shape index (κ3) is 3.69. The van der Waals surface area contributed by atoms with Crippen LogP contribution in [0.15, 0.2) is 0 Å². The molecule has 2 atom stereocenters. The molecule has 0 radical (unpaired) electrons. The summed E-state index contributed by atoms with van der Waals surface area (Å²) < 4.78 is 0. The lowest BCUT2D eigenvalue weighted by molar-refractivity contribution is 0.390. The lowest BCUT2D eigenvalue weighted by Gasteiger charge is -2.36. The SMILES string of the molecule is Cc1nc(N2CC(C)CCC2C)sc1CNC(C)C. The standard InChI is InChI=1S/C15H27N3S/c1-10(2)16-8-14-13(5)17-15(19-14)18-9-11(3)6-7-12(18)4/h10-12,16H,6-9H2,1-5H3.